The van der Waals surface area contributed by atoms with Crippen LogP contribution in [0.25, 0.3) is 0 Å². The van der Waals surface area contributed by atoms with Gasteiger partial charge in [0.05, 0.1) is 6.61 Å². The molecule has 1 aliphatic carbocycles. The van der Waals surface area contributed by atoms with E-state index in [0.717, 1.165) is 51.0 Å². The van der Waals surface area contributed by atoms with Crippen molar-refractivity contribution in [1.82, 2.24) is 15.5 Å². The molecule has 2 fully saturated rings. The van der Waals surface area contributed by atoms with Crippen LogP contribution in [0.2, 0.25) is 0 Å². The van der Waals surface area contributed by atoms with Crippen molar-refractivity contribution < 1.29 is 9.84 Å². The summed E-state index contributed by atoms with van der Waals surface area (Å²) in [6, 6.07) is 0.569. The van der Waals surface area contributed by atoms with Gasteiger partial charge < -0.3 is 25.4 Å². The van der Waals surface area contributed by atoms with Gasteiger partial charge in [-0.05, 0) is 45.7 Å². The van der Waals surface area contributed by atoms with E-state index in [1.807, 2.05) is 0 Å². The van der Waals surface area contributed by atoms with Crippen molar-refractivity contribution in [2.75, 3.05) is 54.1 Å². The van der Waals surface area contributed by atoms with E-state index in [2.05, 4.69) is 34.6 Å². The zero-order valence-electron chi connectivity index (χ0n) is 14.3. The van der Waals surface area contributed by atoms with E-state index in [-0.39, 0.29) is 12.0 Å². The highest BCUT2D eigenvalue weighted by atomic mass is 16.5. The summed E-state index contributed by atoms with van der Waals surface area (Å²) in [5.74, 6) is 1.67. The Bertz CT molecular complexity index is 361. The number of ether oxygens (including phenoxy) is 1. The fourth-order valence-corrected chi connectivity index (χ4v) is 3.26. The lowest BCUT2D eigenvalue weighted by Crippen LogP contribution is -2.48. The number of guanidine groups is 1. The van der Waals surface area contributed by atoms with Gasteiger partial charge in [-0.1, -0.05) is 0 Å². The van der Waals surface area contributed by atoms with Crippen LogP contribution in [0, 0.1) is 11.3 Å². The van der Waals surface area contributed by atoms with Crippen LogP contribution in [0.5, 0.6) is 0 Å². The number of nitrogens with one attached hydrogen (secondary N) is 2. The van der Waals surface area contributed by atoms with Gasteiger partial charge in [0, 0.05) is 44.8 Å². The molecule has 0 bridgehead atoms. The molecule has 2 rings (SSSR count). The molecular formula is C16H32N4O2. The number of aliphatic hydroxyl groups is 1. The number of nitrogens with zero attached hydrogens (tertiary/aromatic N) is 2. The summed E-state index contributed by atoms with van der Waals surface area (Å²) in [6.07, 6.45) is 4.46. The summed E-state index contributed by atoms with van der Waals surface area (Å²) in [7, 11) is 6.10. The maximum absolute atomic E-state index is 9.28. The molecule has 1 saturated heterocycles. The van der Waals surface area contributed by atoms with Crippen LogP contribution in [0.3, 0.4) is 0 Å². The SMILES string of the molecule is CN=C(NCC(C1CC1)N(C)C)NCC1(CCO)CCOC1. The quantitative estimate of drug-likeness (QED) is 0.444. The minimum absolute atomic E-state index is 0.0454. The number of rotatable bonds is 8. The lowest BCUT2D eigenvalue weighted by molar-refractivity contribution is 0.127. The van der Waals surface area contributed by atoms with Crippen molar-refractivity contribution in [2.24, 2.45) is 16.3 Å². The maximum atomic E-state index is 9.28. The van der Waals surface area contributed by atoms with Gasteiger partial charge in [0.1, 0.15) is 0 Å². The number of hydrogen-bond donors (Lipinski definition) is 3. The number of likely N-dealkylation sites (N-methyl/N-ethyl adjacent to an activating group) is 1. The van der Waals surface area contributed by atoms with Crippen LogP contribution in [0.4, 0.5) is 0 Å². The molecule has 0 amide bonds. The van der Waals surface area contributed by atoms with Gasteiger partial charge in [0.25, 0.3) is 0 Å². The maximum Gasteiger partial charge on any atom is 0.191 e. The Morgan fingerprint density at radius 1 is 1.41 bits per heavy atom. The fourth-order valence-electron chi connectivity index (χ4n) is 3.26. The van der Waals surface area contributed by atoms with E-state index in [0.29, 0.717) is 6.04 Å². The Kier molecular flexibility index (Phi) is 6.47. The minimum atomic E-state index is 0.0454. The topological polar surface area (TPSA) is 69.1 Å². The molecule has 1 aliphatic heterocycles. The average Bonchev–Trinajstić information content (AvgIpc) is 3.22. The first-order valence-corrected chi connectivity index (χ1v) is 8.40. The average molecular weight is 312 g/mol. The van der Waals surface area contributed by atoms with Gasteiger partial charge >= 0.3 is 0 Å². The first kappa shape index (κ1) is 17.5. The Hall–Kier alpha value is -0.850. The molecule has 0 aromatic heterocycles. The molecule has 2 unspecified atom stereocenters. The van der Waals surface area contributed by atoms with Crippen molar-refractivity contribution in [3.05, 3.63) is 0 Å². The Morgan fingerprint density at radius 2 is 2.18 bits per heavy atom. The molecule has 2 aliphatic rings. The molecule has 3 N–H and O–H groups in total. The third kappa shape index (κ3) is 4.83. The molecule has 0 aromatic carbocycles. The predicted molar refractivity (Wildman–Crippen MR) is 89.1 cm³/mol. The Labute approximate surface area is 134 Å². The summed E-state index contributed by atoms with van der Waals surface area (Å²) >= 11 is 0. The third-order valence-corrected chi connectivity index (χ3v) is 4.99. The summed E-state index contributed by atoms with van der Waals surface area (Å²) in [6.45, 7) is 3.43. The zero-order chi connectivity index (χ0) is 16.0. The van der Waals surface area contributed by atoms with Gasteiger partial charge in [-0.25, -0.2) is 0 Å². The summed E-state index contributed by atoms with van der Waals surface area (Å²) < 4.78 is 5.53. The molecule has 1 heterocycles. The van der Waals surface area contributed by atoms with Gasteiger partial charge in [-0.2, -0.15) is 0 Å². The summed E-state index contributed by atoms with van der Waals surface area (Å²) in [5, 5.41) is 16.2. The summed E-state index contributed by atoms with van der Waals surface area (Å²) in [5.41, 5.74) is 0.0454. The molecule has 0 radical (unpaired) electrons. The van der Waals surface area contributed by atoms with Gasteiger partial charge in [-0.3, -0.25) is 4.99 Å². The van der Waals surface area contributed by atoms with Gasteiger partial charge in [0.2, 0.25) is 0 Å². The minimum Gasteiger partial charge on any atom is -0.396 e. The molecule has 1 saturated carbocycles. The van der Waals surface area contributed by atoms with Crippen molar-refractivity contribution >= 4 is 5.96 Å². The van der Waals surface area contributed by atoms with Gasteiger partial charge in [-0.15, -0.1) is 0 Å². The lowest BCUT2D eigenvalue weighted by atomic mass is 9.84. The largest absolute Gasteiger partial charge is 0.396 e. The van der Waals surface area contributed by atoms with E-state index in [1.54, 1.807) is 7.05 Å². The number of hydrogen-bond acceptors (Lipinski definition) is 4. The van der Waals surface area contributed by atoms with Crippen molar-refractivity contribution in [3.63, 3.8) is 0 Å². The van der Waals surface area contributed by atoms with Crippen molar-refractivity contribution in [1.29, 1.82) is 0 Å². The number of aliphatic imine (C=N–C) groups is 1. The van der Waals surface area contributed by atoms with Crippen molar-refractivity contribution in [3.8, 4) is 0 Å². The normalized spacial score (nSPS) is 27.2. The van der Waals surface area contributed by atoms with E-state index in [9.17, 15) is 5.11 Å². The van der Waals surface area contributed by atoms with Crippen LogP contribution >= 0.6 is 0 Å². The second-order valence-electron chi connectivity index (χ2n) is 6.95. The molecule has 6 nitrogen and oxygen atoms in total. The molecular weight excluding hydrogens is 280 g/mol. The monoisotopic (exact) mass is 312 g/mol. The van der Waals surface area contributed by atoms with E-state index >= 15 is 0 Å². The van der Waals surface area contributed by atoms with Crippen LogP contribution < -0.4 is 10.6 Å². The van der Waals surface area contributed by atoms with Crippen LogP contribution in [0.1, 0.15) is 25.7 Å². The zero-order valence-corrected chi connectivity index (χ0v) is 14.3. The van der Waals surface area contributed by atoms with E-state index in [1.165, 1.54) is 12.8 Å². The Balaban J connectivity index is 1.79. The first-order valence-electron chi connectivity index (χ1n) is 8.40. The molecule has 128 valence electrons. The standard InChI is InChI=1S/C16H32N4O2/c1-17-15(18-10-14(20(2)3)13-4-5-13)19-11-16(6-8-21)7-9-22-12-16/h13-14,21H,4-12H2,1-3H3,(H2,17,18,19). The second-order valence-corrected chi connectivity index (χ2v) is 6.95. The third-order valence-electron chi connectivity index (χ3n) is 4.99. The van der Waals surface area contributed by atoms with Crippen LogP contribution in [0.15, 0.2) is 4.99 Å². The van der Waals surface area contributed by atoms with Crippen LogP contribution in [-0.2, 0) is 4.74 Å². The molecule has 0 spiro atoms. The van der Waals surface area contributed by atoms with Crippen molar-refractivity contribution in [2.45, 2.75) is 31.7 Å². The highest BCUT2D eigenvalue weighted by Gasteiger charge is 2.35. The van der Waals surface area contributed by atoms with E-state index < -0.39 is 0 Å². The molecule has 22 heavy (non-hydrogen) atoms. The summed E-state index contributed by atoms with van der Waals surface area (Å²) in [4.78, 5) is 6.63. The highest BCUT2D eigenvalue weighted by molar-refractivity contribution is 5.79. The second kappa shape index (κ2) is 8.13. The predicted octanol–water partition coefficient (Wildman–Crippen LogP) is 0.281. The number of aliphatic hydroxyl groups excluding tert-OH is 1. The molecule has 6 heteroatoms. The first-order chi connectivity index (χ1) is 10.6. The smallest absolute Gasteiger partial charge is 0.191 e. The van der Waals surface area contributed by atoms with Gasteiger partial charge in [0.15, 0.2) is 5.96 Å². The fraction of sp³-hybridized carbons (Fsp3) is 0.938. The molecule has 2 atom stereocenters. The Morgan fingerprint density at radius 3 is 2.68 bits per heavy atom. The highest BCUT2D eigenvalue weighted by Crippen LogP contribution is 2.34. The lowest BCUT2D eigenvalue weighted by Gasteiger charge is -2.29. The van der Waals surface area contributed by atoms with E-state index in [4.69, 9.17) is 4.74 Å². The van der Waals surface area contributed by atoms with Crippen LogP contribution in [-0.4, -0.2) is 76.1 Å². The molecule has 0 aromatic rings.